The van der Waals surface area contributed by atoms with Crippen LogP contribution in [-0.4, -0.2) is 16.8 Å². The Morgan fingerprint density at radius 2 is 1.88 bits per heavy atom. The number of halogens is 4. The molecule has 0 aromatic heterocycles. The molecule has 2 aromatic carbocycles. The summed E-state index contributed by atoms with van der Waals surface area (Å²) in [7, 11) is 0. The number of carbonyl (C=O) groups is 1. The molecule has 0 heterocycles. The first-order chi connectivity index (χ1) is 12.4. The third-order valence-electron chi connectivity index (χ3n) is 3.02. The lowest BCUT2D eigenvalue weighted by Crippen LogP contribution is -2.44. The van der Waals surface area contributed by atoms with Gasteiger partial charge in [0, 0.05) is 10.8 Å². The fourth-order valence-corrected chi connectivity index (χ4v) is 3.46. The van der Waals surface area contributed by atoms with Crippen molar-refractivity contribution in [3.8, 4) is 0 Å². The highest BCUT2D eigenvalue weighted by Gasteiger charge is 2.08. The van der Waals surface area contributed by atoms with E-state index in [1.807, 2.05) is 0 Å². The highest BCUT2D eigenvalue weighted by atomic mass is 35.5. The minimum atomic E-state index is -0.397. The van der Waals surface area contributed by atoms with E-state index in [4.69, 9.17) is 47.0 Å². The molecule has 0 fully saturated rings. The van der Waals surface area contributed by atoms with E-state index in [2.05, 4.69) is 16.2 Å². The number of thioether (sulfide) groups is 1. The average Bonchev–Trinajstić information content (AvgIpc) is 2.59. The van der Waals surface area contributed by atoms with Crippen LogP contribution in [0.3, 0.4) is 0 Å². The van der Waals surface area contributed by atoms with Gasteiger partial charge in [0.2, 0.25) is 5.91 Å². The topological polar surface area (TPSA) is 53.2 Å². The fourth-order valence-electron chi connectivity index (χ4n) is 1.81. The molecule has 1 amide bonds. The first kappa shape index (κ1) is 21.1. The quantitative estimate of drug-likeness (QED) is 0.438. The molecule has 0 spiro atoms. The van der Waals surface area contributed by atoms with Crippen LogP contribution in [0.1, 0.15) is 5.56 Å². The van der Waals surface area contributed by atoms with Crippen molar-refractivity contribution in [1.82, 2.24) is 10.9 Å². The molecule has 2 rings (SSSR count). The van der Waals surface area contributed by atoms with E-state index in [0.717, 1.165) is 5.56 Å². The second-order valence-electron chi connectivity index (χ2n) is 4.96. The summed E-state index contributed by atoms with van der Waals surface area (Å²) in [4.78, 5) is 11.8. The zero-order valence-corrected chi connectivity index (χ0v) is 17.0. The number of hydrogen-bond acceptors (Lipinski definition) is 3. The van der Waals surface area contributed by atoms with Crippen molar-refractivity contribution in [2.45, 2.75) is 5.75 Å². The second kappa shape index (κ2) is 10.2. The Morgan fingerprint density at radius 3 is 2.62 bits per heavy atom. The first-order valence-corrected chi connectivity index (χ1v) is 9.88. The minimum absolute atomic E-state index is 0.161. The van der Waals surface area contributed by atoms with Crippen molar-refractivity contribution in [2.24, 2.45) is 0 Å². The summed E-state index contributed by atoms with van der Waals surface area (Å²) in [5.74, 6) is -0.0321. The normalized spacial score (nSPS) is 10.3. The van der Waals surface area contributed by atoms with Crippen LogP contribution >= 0.6 is 58.8 Å². The molecular weight excluding hydrogens is 440 g/mol. The molecule has 0 saturated heterocycles. The van der Waals surface area contributed by atoms with Crippen LogP contribution in [-0.2, 0) is 10.5 Å². The lowest BCUT2D eigenvalue weighted by atomic mass is 10.2. The predicted octanol–water partition coefficient (Wildman–Crippen LogP) is 5.04. The monoisotopic (exact) mass is 451 g/mol. The molecular formula is C16H13Cl3FN3OS2. The first-order valence-electron chi connectivity index (χ1n) is 7.18. The van der Waals surface area contributed by atoms with Crippen LogP contribution in [0.25, 0.3) is 0 Å². The minimum Gasteiger partial charge on any atom is -0.330 e. The fraction of sp³-hybridized carbons (Fsp3) is 0.125. The van der Waals surface area contributed by atoms with Gasteiger partial charge >= 0.3 is 0 Å². The summed E-state index contributed by atoms with van der Waals surface area (Å²) in [5.41, 5.74) is 6.32. The number of anilines is 1. The van der Waals surface area contributed by atoms with Crippen molar-refractivity contribution in [3.05, 3.63) is 62.8 Å². The molecule has 0 bridgehead atoms. The molecule has 3 N–H and O–H groups in total. The molecule has 0 aliphatic rings. The van der Waals surface area contributed by atoms with Gasteiger partial charge in [0.25, 0.3) is 0 Å². The zero-order chi connectivity index (χ0) is 19.1. The van der Waals surface area contributed by atoms with E-state index in [0.29, 0.717) is 26.5 Å². The smallest absolute Gasteiger partial charge is 0.248 e. The summed E-state index contributed by atoms with van der Waals surface area (Å²) in [6.45, 7) is 0. The molecule has 0 aliphatic carbocycles. The summed E-state index contributed by atoms with van der Waals surface area (Å²) in [5, 5.41) is 4.04. The zero-order valence-electron chi connectivity index (χ0n) is 13.1. The predicted molar refractivity (Wildman–Crippen MR) is 112 cm³/mol. The maximum absolute atomic E-state index is 13.0. The maximum atomic E-state index is 13.0. The lowest BCUT2D eigenvalue weighted by molar-refractivity contribution is -0.119. The average molecular weight is 453 g/mol. The molecule has 10 heteroatoms. The number of rotatable bonds is 5. The van der Waals surface area contributed by atoms with Crippen LogP contribution in [0.5, 0.6) is 0 Å². The van der Waals surface area contributed by atoms with Crippen LogP contribution < -0.4 is 16.2 Å². The Bertz CT molecular complexity index is 823. The molecule has 4 nitrogen and oxygen atoms in total. The third kappa shape index (κ3) is 6.48. The van der Waals surface area contributed by atoms with Gasteiger partial charge in [-0.1, -0.05) is 46.9 Å². The van der Waals surface area contributed by atoms with Crippen molar-refractivity contribution in [1.29, 1.82) is 0 Å². The van der Waals surface area contributed by atoms with Crippen LogP contribution in [0.15, 0.2) is 36.4 Å². The number of thiocarbonyl (C=S) groups is 1. The van der Waals surface area contributed by atoms with Crippen LogP contribution in [0.4, 0.5) is 10.1 Å². The Labute approximate surface area is 174 Å². The van der Waals surface area contributed by atoms with Gasteiger partial charge in [-0.2, -0.15) is 0 Å². The Kier molecular flexibility index (Phi) is 8.24. The van der Waals surface area contributed by atoms with Gasteiger partial charge in [-0.05, 0) is 42.0 Å². The van der Waals surface area contributed by atoms with Gasteiger partial charge in [-0.25, -0.2) is 4.39 Å². The maximum Gasteiger partial charge on any atom is 0.248 e. The summed E-state index contributed by atoms with van der Waals surface area (Å²) >= 11 is 24.3. The van der Waals surface area contributed by atoms with E-state index in [1.165, 1.54) is 23.9 Å². The standard InChI is InChI=1S/C16H13Cl3FN3OS2/c17-11-2-1-3-13(15(11)19)21-16(25)23-22-14(24)8-26-7-9-4-5-10(20)6-12(9)18/h1-6H,7-8H2,(H,22,24)(H2,21,23,25). The molecule has 0 unspecified atom stereocenters. The molecule has 2 aromatic rings. The van der Waals surface area contributed by atoms with Crippen molar-refractivity contribution in [2.75, 3.05) is 11.1 Å². The molecule has 26 heavy (non-hydrogen) atoms. The van der Waals surface area contributed by atoms with Gasteiger partial charge in [-0.15, -0.1) is 11.8 Å². The Balaban J connectivity index is 1.72. The third-order valence-corrected chi connectivity index (χ3v) is 5.38. The van der Waals surface area contributed by atoms with Gasteiger partial charge < -0.3 is 5.32 Å². The van der Waals surface area contributed by atoms with E-state index in [9.17, 15) is 9.18 Å². The largest absolute Gasteiger partial charge is 0.330 e. The van der Waals surface area contributed by atoms with E-state index in [1.54, 1.807) is 24.3 Å². The summed E-state index contributed by atoms with van der Waals surface area (Å²) < 4.78 is 13.0. The Morgan fingerprint density at radius 1 is 1.12 bits per heavy atom. The molecule has 0 atom stereocenters. The van der Waals surface area contributed by atoms with Gasteiger partial charge in [-0.3, -0.25) is 15.6 Å². The Hall–Kier alpha value is -1.25. The molecule has 0 saturated carbocycles. The molecule has 138 valence electrons. The van der Waals surface area contributed by atoms with Gasteiger partial charge in [0.1, 0.15) is 5.82 Å². The van der Waals surface area contributed by atoms with Crippen LogP contribution in [0, 0.1) is 5.82 Å². The molecule has 0 radical (unpaired) electrons. The highest BCUT2D eigenvalue weighted by Crippen LogP contribution is 2.29. The van der Waals surface area contributed by atoms with Crippen molar-refractivity contribution >= 4 is 75.5 Å². The van der Waals surface area contributed by atoms with E-state index < -0.39 is 5.82 Å². The van der Waals surface area contributed by atoms with E-state index in [-0.39, 0.29) is 16.8 Å². The SMILES string of the molecule is O=C(CSCc1ccc(F)cc1Cl)NNC(=S)Nc1cccc(Cl)c1Cl. The van der Waals surface area contributed by atoms with E-state index >= 15 is 0 Å². The lowest BCUT2D eigenvalue weighted by Gasteiger charge is -2.13. The summed E-state index contributed by atoms with van der Waals surface area (Å²) in [6.07, 6.45) is 0. The van der Waals surface area contributed by atoms with Gasteiger partial charge in [0.15, 0.2) is 5.11 Å². The number of hydrogen-bond donors (Lipinski definition) is 3. The van der Waals surface area contributed by atoms with Crippen LogP contribution in [0.2, 0.25) is 15.1 Å². The number of hydrazine groups is 1. The highest BCUT2D eigenvalue weighted by molar-refractivity contribution is 7.99. The second-order valence-corrected chi connectivity index (χ2v) is 7.54. The number of benzene rings is 2. The number of nitrogens with one attached hydrogen (secondary N) is 3. The van der Waals surface area contributed by atoms with Gasteiger partial charge in [0.05, 0.1) is 21.5 Å². The number of carbonyl (C=O) groups excluding carboxylic acids is 1. The molecule has 0 aliphatic heterocycles. The number of amides is 1. The van der Waals surface area contributed by atoms with Crippen molar-refractivity contribution < 1.29 is 9.18 Å². The summed E-state index contributed by atoms with van der Waals surface area (Å²) in [6, 6.07) is 9.23. The van der Waals surface area contributed by atoms with Crippen molar-refractivity contribution in [3.63, 3.8) is 0 Å².